The van der Waals surface area contributed by atoms with Gasteiger partial charge in [-0.25, -0.2) is 0 Å². The molecule has 4 heteroatoms. The molecule has 0 aromatic rings. The number of carbonyl (C=O) groups excluding carboxylic acids is 1. The highest BCUT2D eigenvalue weighted by Gasteiger charge is 2.42. The quantitative estimate of drug-likeness (QED) is 0.396. The highest BCUT2D eigenvalue weighted by atomic mass is 16.5. The zero-order chi connectivity index (χ0) is 7.84. The molecule has 0 amide bonds. The molecule has 3 nitrogen and oxygen atoms in total. The number of nitrogens with zero attached hydrogens (tertiary/aromatic N) is 1. The van der Waals surface area contributed by atoms with Crippen molar-refractivity contribution in [1.82, 2.24) is 4.90 Å². The summed E-state index contributed by atoms with van der Waals surface area (Å²) >= 11 is 0. The molecule has 0 aromatic carbocycles. The zero-order valence-corrected chi connectivity index (χ0v) is 7.32. The fourth-order valence-corrected chi connectivity index (χ4v) is 2.20. The van der Waals surface area contributed by atoms with E-state index < -0.39 is 0 Å². The van der Waals surface area contributed by atoms with Crippen molar-refractivity contribution < 1.29 is 9.53 Å². The lowest BCUT2D eigenvalue weighted by atomic mass is 9.93. The van der Waals surface area contributed by atoms with Gasteiger partial charge in [0.25, 0.3) is 0 Å². The number of piperidine rings is 1. The van der Waals surface area contributed by atoms with Gasteiger partial charge in [-0.3, -0.25) is 4.79 Å². The van der Waals surface area contributed by atoms with Crippen molar-refractivity contribution in [3.63, 3.8) is 0 Å². The average molecular weight is 166 g/mol. The molecule has 65 valence electrons. The minimum atomic E-state index is -0.0165. The Balaban J connectivity index is 0.000000720. The molecule has 2 aliphatic heterocycles. The Bertz CT molecular complexity index is 186. The van der Waals surface area contributed by atoms with E-state index in [2.05, 4.69) is 4.90 Å². The summed E-state index contributed by atoms with van der Waals surface area (Å²) in [6.07, 6.45) is 1.18. The number of hydrogen-bond donors (Lipinski definition) is 0. The Hall–Kier alpha value is -0.505. The average Bonchev–Trinajstić information content (AvgIpc) is 2.62. The third-order valence-electron chi connectivity index (χ3n) is 2.84. The van der Waals surface area contributed by atoms with Crippen LogP contribution in [-0.4, -0.2) is 46.0 Å². The molecule has 2 aliphatic rings. The molecule has 2 bridgehead atoms. The van der Waals surface area contributed by atoms with Gasteiger partial charge in [0, 0.05) is 21.5 Å². The van der Waals surface area contributed by atoms with E-state index in [1.54, 1.807) is 0 Å². The first-order valence-electron chi connectivity index (χ1n) is 4.11. The molecule has 0 saturated carbocycles. The number of carbonyl (C=O) groups is 1. The van der Waals surface area contributed by atoms with Crippen LogP contribution in [0.2, 0.25) is 0 Å². The van der Waals surface area contributed by atoms with Gasteiger partial charge in [0.05, 0.1) is 13.0 Å². The molecule has 0 spiro atoms. The van der Waals surface area contributed by atoms with Gasteiger partial charge in [0.15, 0.2) is 0 Å². The lowest BCUT2D eigenvalue weighted by Crippen LogP contribution is -2.30. The molecule has 0 aromatic heterocycles. The molecular weight excluding hydrogens is 153 g/mol. The van der Waals surface area contributed by atoms with Crippen molar-refractivity contribution in [2.24, 2.45) is 11.8 Å². The molecule has 3 atom stereocenters. The largest absolute Gasteiger partial charge is 0.469 e. The van der Waals surface area contributed by atoms with Crippen LogP contribution >= 0.6 is 0 Å². The smallest absolute Gasteiger partial charge is 0.310 e. The van der Waals surface area contributed by atoms with Gasteiger partial charge in [-0.2, -0.15) is 0 Å². The second kappa shape index (κ2) is 3.48. The van der Waals surface area contributed by atoms with Crippen LogP contribution in [0.1, 0.15) is 6.42 Å². The summed E-state index contributed by atoms with van der Waals surface area (Å²) in [4.78, 5) is 13.5. The molecule has 2 rings (SSSR count). The topological polar surface area (TPSA) is 29.5 Å². The van der Waals surface area contributed by atoms with Gasteiger partial charge in [0.1, 0.15) is 0 Å². The van der Waals surface area contributed by atoms with Gasteiger partial charge in [-0.05, 0) is 18.9 Å². The number of methoxy groups -OCH3 is 1. The number of ether oxygens (including phenoxy) is 1. The number of rotatable bonds is 1. The lowest BCUT2D eigenvalue weighted by Gasteiger charge is -2.19. The van der Waals surface area contributed by atoms with Crippen LogP contribution in [0.25, 0.3) is 0 Å². The van der Waals surface area contributed by atoms with E-state index in [4.69, 9.17) is 4.74 Å². The summed E-state index contributed by atoms with van der Waals surface area (Å²) in [5.41, 5.74) is 0. The standard InChI is InChI=1S/C8H13NO2.B/c1-11-8(10)7-5-9-3-2-6(7)4-9;/h6-7H,2-5H2,1H3;. The maximum atomic E-state index is 11.2. The molecule has 2 saturated heterocycles. The number of hydrogen-bond acceptors (Lipinski definition) is 3. The highest BCUT2D eigenvalue weighted by molar-refractivity contribution is 5.75. The number of fused-ring (bicyclic) bond motifs is 2. The van der Waals surface area contributed by atoms with Crippen molar-refractivity contribution in [1.29, 1.82) is 0 Å². The van der Waals surface area contributed by atoms with Crippen molar-refractivity contribution in [2.45, 2.75) is 6.42 Å². The molecule has 2 fully saturated rings. The van der Waals surface area contributed by atoms with Crippen LogP contribution in [0, 0.1) is 11.8 Å². The Morgan fingerprint density at radius 2 is 2.25 bits per heavy atom. The summed E-state index contributed by atoms with van der Waals surface area (Å²) in [5.74, 6) is 0.744. The van der Waals surface area contributed by atoms with Crippen LogP contribution in [0.3, 0.4) is 0 Å². The van der Waals surface area contributed by atoms with E-state index in [0.717, 1.165) is 13.1 Å². The first-order valence-corrected chi connectivity index (χ1v) is 4.11. The molecule has 0 aliphatic carbocycles. The number of esters is 1. The second-order valence-corrected chi connectivity index (χ2v) is 3.44. The third kappa shape index (κ3) is 1.35. The Kier molecular flexibility index (Phi) is 2.78. The second-order valence-electron chi connectivity index (χ2n) is 3.44. The van der Waals surface area contributed by atoms with Gasteiger partial charge in [-0.15, -0.1) is 0 Å². The zero-order valence-electron chi connectivity index (χ0n) is 7.32. The monoisotopic (exact) mass is 166 g/mol. The van der Waals surface area contributed by atoms with Crippen molar-refractivity contribution in [3.05, 3.63) is 0 Å². The van der Waals surface area contributed by atoms with E-state index in [1.807, 2.05) is 0 Å². The molecule has 3 radical (unpaired) electrons. The molecular formula is C8H13BNO2. The van der Waals surface area contributed by atoms with Gasteiger partial charge < -0.3 is 9.64 Å². The van der Waals surface area contributed by atoms with Crippen molar-refractivity contribution in [3.8, 4) is 0 Å². The summed E-state index contributed by atoms with van der Waals surface area (Å²) in [6.45, 7) is 3.22. The first kappa shape index (κ1) is 9.58. The molecule has 0 N–H and O–H groups in total. The third-order valence-corrected chi connectivity index (χ3v) is 2.84. The first-order chi connectivity index (χ1) is 5.31. The summed E-state index contributed by atoms with van der Waals surface area (Å²) in [7, 11) is 1.48. The van der Waals surface area contributed by atoms with E-state index >= 15 is 0 Å². The molecule has 12 heavy (non-hydrogen) atoms. The van der Waals surface area contributed by atoms with Crippen LogP contribution in [0.4, 0.5) is 0 Å². The predicted octanol–water partition coefficient (Wildman–Crippen LogP) is -0.270. The van der Waals surface area contributed by atoms with Crippen LogP contribution < -0.4 is 0 Å². The summed E-state index contributed by atoms with van der Waals surface area (Å²) in [5, 5.41) is 0. The Morgan fingerprint density at radius 1 is 1.50 bits per heavy atom. The van der Waals surface area contributed by atoms with Crippen LogP contribution in [0.15, 0.2) is 0 Å². The minimum absolute atomic E-state index is 0. The normalized spacial score (nSPS) is 37.6. The maximum absolute atomic E-state index is 11.2. The summed E-state index contributed by atoms with van der Waals surface area (Å²) in [6, 6.07) is 0. The fraction of sp³-hybridized carbons (Fsp3) is 0.875. The lowest BCUT2D eigenvalue weighted by molar-refractivity contribution is -0.146. The fourth-order valence-electron chi connectivity index (χ4n) is 2.20. The minimum Gasteiger partial charge on any atom is -0.469 e. The Labute approximate surface area is 74.6 Å². The van der Waals surface area contributed by atoms with Crippen molar-refractivity contribution in [2.75, 3.05) is 26.7 Å². The van der Waals surface area contributed by atoms with E-state index in [1.165, 1.54) is 20.1 Å². The maximum Gasteiger partial charge on any atom is 0.310 e. The van der Waals surface area contributed by atoms with Crippen LogP contribution in [0.5, 0.6) is 0 Å². The predicted molar refractivity (Wildman–Crippen MR) is 45.8 cm³/mol. The SMILES string of the molecule is COC(=O)C1CN2CCC1C2.[B]. The van der Waals surface area contributed by atoms with Gasteiger partial charge >= 0.3 is 5.97 Å². The van der Waals surface area contributed by atoms with Crippen LogP contribution in [-0.2, 0) is 9.53 Å². The van der Waals surface area contributed by atoms with Gasteiger partial charge in [0.2, 0.25) is 0 Å². The van der Waals surface area contributed by atoms with E-state index in [-0.39, 0.29) is 20.3 Å². The van der Waals surface area contributed by atoms with Gasteiger partial charge in [-0.1, -0.05) is 0 Å². The molecule has 3 unspecified atom stereocenters. The highest BCUT2D eigenvalue weighted by Crippen LogP contribution is 2.33. The van der Waals surface area contributed by atoms with Crippen molar-refractivity contribution >= 4 is 14.4 Å². The van der Waals surface area contributed by atoms with E-state index in [9.17, 15) is 4.79 Å². The summed E-state index contributed by atoms with van der Waals surface area (Å²) < 4.78 is 4.72. The Morgan fingerprint density at radius 3 is 2.67 bits per heavy atom. The van der Waals surface area contributed by atoms with E-state index in [0.29, 0.717) is 5.92 Å². The molecule has 2 heterocycles.